The average Bonchev–Trinajstić information content (AvgIpc) is 3.53. The maximum Gasteiger partial charge on any atom is 0.216 e. The first-order chi connectivity index (χ1) is 17.4. The van der Waals surface area contributed by atoms with Crippen molar-refractivity contribution in [2.24, 2.45) is 4.99 Å². The van der Waals surface area contributed by atoms with Crippen LogP contribution in [0.2, 0.25) is 0 Å². The van der Waals surface area contributed by atoms with Crippen molar-refractivity contribution in [3.05, 3.63) is 89.2 Å². The molecule has 1 fully saturated rings. The molecule has 0 amide bonds. The molecular formula is C30H34N2O4. The largest absolute Gasteiger partial charge is 0.493 e. The SMILES string of the molecule is COc1ccc(C(O)(Cc2ccncc2)c2ccc(C3=NC(C)(C)CO3)cc2)cc1OC1CCCC1. The van der Waals surface area contributed by atoms with Crippen molar-refractivity contribution in [2.75, 3.05) is 13.7 Å². The standard InChI is InChI=1S/C30H34N2O4/c1-29(2)20-35-28(32-29)22-8-10-23(11-9-22)30(33,19-21-14-16-31-17-15-21)24-12-13-26(34-3)27(18-24)36-25-6-4-5-7-25/h8-18,25,33H,4-7,19-20H2,1-3H3. The van der Waals surface area contributed by atoms with Crippen molar-refractivity contribution < 1.29 is 19.3 Å². The molecule has 1 unspecified atom stereocenters. The summed E-state index contributed by atoms with van der Waals surface area (Å²) in [6.07, 6.45) is 8.50. The highest BCUT2D eigenvalue weighted by Gasteiger charge is 2.34. The second kappa shape index (κ2) is 9.94. The molecule has 0 saturated heterocycles. The van der Waals surface area contributed by atoms with Gasteiger partial charge in [-0.2, -0.15) is 0 Å². The van der Waals surface area contributed by atoms with Crippen LogP contribution in [0, 0.1) is 0 Å². The molecule has 36 heavy (non-hydrogen) atoms. The Hall–Kier alpha value is -3.38. The van der Waals surface area contributed by atoms with Gasteiger partial charge in [0, 0.05) is 24.4 Å². The van der Waals surface area contributed by atoms with Gasteiger partial charge in [0.1, 0.15) is 12.2 Å². The van der Waals surface area contributed by atoms with E-state index in [9.17, 15) is 5.11 Å². The van der Waals surface area contributed by atoms with Crippen molar-refractivity contribution in [1.29, 1.82) is 0 Å². The van der Waals surface area contributed by atoms with E-state index in [4.69, 9.17) is 14.2 Å². The second-order valence-corrected chi connectivity index (χ2v) is 10.4. The van der Waals surface area contributed by atoms with E-state index < -0.39 is 5.60 Å². The van der Waals surface area contributed by atoms with E-state index in [0.29, 0.717) is 30.4 Å². The van der Waals surface area contributed by atoms with Crippen LogP contribution in [0.3, 0.4) is 0 Å². The molecule has 1 N–H and O–H groups in total. The van der Waals surface area contributed by atoms with Crippen LogP contribution in [-0.4, -0.2) is 41.3 Å². The molecule has 1 saturated carbocycles. The Kier molecular flexibility index (Phi) is 6.71. The third-order valence-corrected chi connectivity index (χ3v) is 7.02. The average molecular weight is 487 g/mol. The Morgan fingerprint density at radius 3 is 2.31 bits per heavy atom. The maximum absolute atomic E-state index is 12.3. The first kappa shape index (κ1) is 24.3. The van der Waals surface area contributed by atoms with Gasteiger partial charge in [0.15, 0.2) is 11.5 Å². The van der Waals surface area contributed by atoms with Gasteiger partial charge in [0.25, 0.3) is 0 Å². The summed E-state index contributed by atoms with van der Waals surface area (Å²) in [5, 5.41) is 12.3. The number of aliphatic imine (C=N–C) groups is 1. The van der Waals surface area contributed by atoms with Gasteiger partial charge in [-0.15, -0.1) is 0 Å². The van der Waals surface area contributed by atoms with Gasteiger partial charge in [-0.1, -0.05) is 18.2 Å². The van der Waals surface area contributed by atoms with Gasteiger partial charge >= 0.3 is 0 Å². The van der Waals surface area contributed by atoms with Gasteiger partial charge in [-0.05, 0) is 92.6 Å². The molecule has 6 nitrogen and oxygen atoms in total. The molecule has 1 aromatic heterocycles. The van der Waals surface area contributed by atoms with Gasteiger partial charge in [0.2, 0.25) is 5.90 Å². The molecule has 188 valence electrons. The predicted molar refractivity (Wildman–Crippen MR) is 140 cm³/mol. The molecule has 0 spiro atoms. The highest BCUT2D eigenvalue weighted by Crippen LogP contribution is 2.40. The number of hydrogen-bond donors (Lipinski definition) is 1. The first-order valence-corrected chi connectivity index (χ1v) is 12.7. The molecule has 2 aromatic carbocycles. The minimum Gasteiger partial charge on any atom is -0.493 e. The van der Waals surface area contributed by atoms with Crippen LogP contribution in [0.25, 0.3) is 0 Å². The molecule has 2 heterocycles. The lowest BCUT2D eigenvalue weighted by Crippen LogP contribution is -2.30. The molecule has 6 heteroatoms. The van der Waals surface area contributed by atoms with Crippen LogP contribution in [0.5, 0.6) is 11.5 Å². The molecule has 0 radical (unpaired) electrons. The lowest BCUT2D eigenvalue weighted by atomic mass is 9.81. The fourth-order valence-corrected chi connectivity index (χ4v) is 5.00. The Morgan fingerprint density at radius 2 is 1.67 bits per heavy atom. The second-order valence-electron chi connectivity index (χ2n) is 10.4. The zero-order valence-electron chi connectivity index (χ0n) is 21.2. The molecule has 1 atom stereocenters. The zero-order valence-corrected chi connectivity index (χ0v) is 21.2. The first-order valence-electron chi connectivity index (χ1n) is 12.7. The number of rotatable bonds is 8. The summed E-state index contributed by atoms with van der Waals surface area (Å²) >= 11 is 0. The van der Waals surface area contributed by atoms with Gasteiger partial charge < -0.3 is 19.3 Å². The van der Waals surface area contributed by atoms with E-state index >= 15 is 0 Å². The van der Waals surface area contributed by atoms with Crippen molar-refractivity contribution >= 4 is 5.90 Å². The number of aliphatic hydroxyl groups is 1. The van der Waals surface area contributed by atoms with E-state index in [0.717, 1.165) is 35.1 Å². The Morgan fingerprint density at radius 1 is 0.972 bits per heavy atom. The lowest BCUT2D eigenvalue weighted by molar-refractivity contribution is 0.0803. The summed E-state index contributed by atoms with van der Waals surface area (Å²) in [7, 11) is 1.65. The van der Waals surface area contributed by atoms with Gasteiger partial charge in [0.05, 0.1) is 18.8 Å². The van der Waals surface area contributed by atoms with Crippen LogP contribution in [0.15, 0.2) is 72.0 Å². The molecule has 3 aromatic rings. The Balaban J connectivity index is 1.53. The molecule has 1 aliphatic heterocycles. The quantitative estimate of drug-likeness (QED) is 0.459. The predicted octanol–water partition coefficient (Wildman–Crippen LogP) is 5.45. The third-order valence-electron chi connectivity index (χ3n) is 7.02. The molecule has 5 rings (SSSR count). The molecule has 0 bridgehead atoms. The normalized spacial score (nSPS) is 18.8. The van der Waals surface area contributed by atoms with Crippen LogP contribution < -0.4 is 9.47 Å². The van der Waals surface area contributed by atoms with E-state index in [1.807, 2.05) is 54.6 Å². The number of pyridine rings is 1. The van der Waals surface area contributed by atoms with Gasteiger partial charge in [-0.3, -0.25) is 4.98 Å². The molecular weight excluding hydrogens is 452 g/mol. The van der Waals surface area contributed by atoms with Gasteiger partial charge in [-0.25, -0.2) is 4.99 Å². The monoisotopic (exact) mass is 486 g/mol. The van der Waals surface area contributed by atoms with Crippen LogP contribution >= 0.6 is 0 Å². The van der Waals surface area contributed by atoms with E-state index in [2.05, 4.69) is 23.8 Å². The Labute approximate surface area is 213 Å². The number of nitrogens with zero attached hydrogens (tertiary/aromatic N) is 2. The smallest absolute Gasteiger partial charge is 0.216 e. The molecule has 2 aliphatic rings. The highest BCUT2D eigenvalue weighted by molar-refractivity contribution is 5.95. The van der Waals surface area contributed by atoms with Crippen LogP contribution in [0.4, 0.5) is 0 Å². The summed E-state index contributed by atoms with van der Waals surface area (Å²) in [6, 6.07) is 17.4. The van der Waals surface area contributed by atoms with Crippen molar-refractivity contribution in [1.82, 2.24) is 4.98 Å². The third kappa shape index (κ3) is 5.09. The fraction of sp³-hybridized carbons (Fsp3) is 0.400. The van der Waals surface area contributed by atoms with E-state index in [1.54, 1.807) is 19.5 Å². The van der Waals surface area contributed by atoms with E-state index in [-0.39, 0.29) is 11.6 Å². The summed E-state index contributed by atoms with van der Waals surface area (Å²) in [5.41, 5.74) is 1.88. The van der Waals surface area contributed by atoms with Crippen molar-refractivity contribution in [2.45, 2.75) is 63.2 Å². The maximum atomic E-state index is 12.3. The lowest BCUT2D eigenvalue weighted by Gasteiger charge is -2.31. The van der Waals surface area contributed by atoms with E-state index in [1.165, 1.54) is 12.8 Å². The minimum atomic E-state index is -1.29. The zero-order chi connectivity index (χ0) is 25.2. The Bertz CT molecular complexity index is 1220. The minimum absolute atomic E-state index is 0.179. The number of ether oxygens (including phenoxy) is 3. The fourth-order valence-electron chi connectivity index (χ4n) is 5.00. The summed E-state index contributed by atoms with van der Waals surface area (Å²) < 4.78 is 17.8. The number of methoxy groups -OCH3 is 1. The summed E-state index contributed by atoms with van der Waals surface area (Å²) in [5.74, 6) is 1.98. The summed E-state index contributed by atoms with van der Waals surface area (Å²) in [6.45, 7) is 4.67. The van der Waals surface area contributed by atoms with Crippen LogP contribution in [-0.2, 0) is 16.8 Å². The topological polar surface area (TPSA) is 73.2 Å². The number of hydrogen-bond acceptors (Lipinski definition) is 6. The molecule has 1 aliphatic carbocycles. The van der Waals surface area contributed by atoms with Crippen molar-refractivity contribution in [3.8, 4) is 11.5 Å². The number of aromatic nitrogens is 1. The van der Waals surface area contributed by atoms with Crippen LogP contribution in [0.1, 0.15) is 61.8 Å². The van der Waals surface area contributed by atoms with Crippen molar-refractivity contribution in [3.63, 3.8) is 0 Å². The number of benzene rings is 2. The summed E-state index contributed by atoms with van der Waals surface area (Å²) in [4.78, 5) is 8.82. The highest BCUT2D eigenvalue weighted by atomic mass is 16.5.